The van der Waals surface area contributed by atoms with Gasteiger partial charge in [-0.15, -0.1) is 24.8 Å². The average Bonchev–Trinajstić information content (AvgIpc) is 2.65. The van der Waals surface area contributed by atoms with Gasteiger partial charge in [0.05, 0.1) is 6.42 Å². The van der Waals surface area contributed by atoms with Gasteiger partial charge in [-0.2, -0.15) is 0 Å². The Labute approximate surface area is 170 Å². The van der Waals surface area contributed by atoms with Crippen LogP contribution in [0.3, 0.4) is 0 Å². The Kier molecular flexibility index (Phi) is 8.88. The number of carbonyl (C=O) groups is 1. The maximum absolute atomic E-state index is 12.6. The highest BCUT2D eigenvalue weighted by Crippen LogP contribution is 2.15. The smallest absolute Gasteiger partial charge is 0.255 e. The van der Waals surface area contributed by atoms with Gasteiger partial charge in [0.25, 0.3) is 5.56 Å². The van der Waals surface area contributed by atoms with E-state index in [0.29, 0.717) is 29.7 Å². The Morgan fingerprint density at radius 1 is 1.41 bits per heavy atom. The van der Waals surface area contributed by atoms with Crippen LogP contribution in [0.1, 0.15) is 24.1 Å². The number of carbonyl (C=O) groups excluding carboxylic acids is 1. The van der Waals surface area contributed by atoms with Crippen LogP contribution in [0.5, 0.6) is 0 Å². The molecule has 0 spiro atoms. The number of hydrogen-bond donors (Lipinski definition) is 2. The summed E-state index contributed by atoms with van der Waals surface area (Å²) < 4.78 is 0. The first-order valence-corrected chi connectivity index (χ1v) is 8.53. The van der Waals surface area contributed by atoms with E-state index in [0.717, 1.165) is 24.9 Å². The Bertz CT molecular complexity index is 813. The molecule has 1 saturated heterocycles. The second-order valence-corrected chi connectivity index (χ2v) is 6.36. The minimum Gasteiger partial charge on any atom is -0.341 e. The SMILES string of the molecule is CNC1CCCN(C(=O)Cc2c(C)nc(-c3cccnc3)[nH]c2=O)C1.Cl.Cl. The highest BCUT2D eigenvalue weighted by molar-refractivity contribution is 5.85. The second-order valence-electron chi connectivity index (χ2n) is 6.36. The Morgan fingerprint density at radius 2 is 2.19 bits per heavy atom. The van der Waals surface area contributed by atoms with E-state index in [1.54, 1.807) is 25.4 Å². The standard InChI is InChI=1S/C18H23N5O2.2ClH/c1-12-15(9-16(24)23-8-4-6-14(11-23)19-2)18(25)22-17(21-12)13-5-3-7-20-10-13;;/h3,5,7,10,14,19H,4,6,8-9,11H2,1-2H3,(H,21,22,25);2*1H. The summed E-state index contributed by atoms with van der Waals surface area (Å²) in [6.07, 6.45) is 5.44. The lowest BCUT2D eigenvalue weighted by Crippen LogP contribution is -2.47. The van der Waals surface area contributed by atoms with Crippen molar-refractivity contribution in [2.24, 2.45) is 0 Å². The van der Waals surface area contributed by atoms with Crippen LogP contribution in [0.4, 0.5) is 0 Å². The third-order valence-electron chi connectivity index (χ3n) is 4.67. The van der Waals surface area contributed by atoms with Gasteiger partial charge in [0.2, 0.25) is 5.91 Å². The summed E-state index contributed by atoms with van der Waals surface area (Å²) in [7, 11) is 1.91. The van der Waals surface area contributed by atoms with Crippen molar-refractivity contribution >= 4 is 30.7 Å². The predicted molar refractivity (Wildman–Crippen MR) is 110 cm³/mol. The minimum absolute atomic E-state index is 0. The van der Waals surface area contributed by atoms with Crippen LogP contribution in [-0.2, 0) is 11.2 Å². The number of rotatable bonds is 4. The van der Waals surface area contributed by atoms with Crippen LogP contribution in [0.25, 0.3) is 11.4 Å². The predicted octanol–water partition coefficient (Wildman–Crippen LogP) is 1.74. The molecule has 2 N–H and O–H groups in total. The zero-order valence-corrected chi connectivity index (χ0v) is 17.0. The molecule has 0 radical (unpaired) electrons. The van der Waals surface area contributed by atoms with Crippen molar-refractivity contribution in [3.05, 3.63) is 46.1 Å². The number of aromatic amines is 1. The van der Waals surface area contributed by atoms with Gasteiger partial charge in [0, 0.05) is 48.3 Å². The van der Waals surface area contributed by atoms with Gasteiger partial charge < -0.3 is 15.2 Å². The quantitative estimate of drug-likeness (QED) is 0.796. The molecule has 1 atom stereocenters. The van der Waals surface area contributed by atoms with Gasteiger partial charge in [-0.25, -0.2) is 4.98 Å². The van der Waals surface area contributed by atoms with Crippen LogP contribution in [-0.4, -0.2) is 51.9 Å². The van der Waals surface area contributed by atoms with Crippen molar-refractivity contribution in [1.29, 1.82) is 0 Å². The summed E-state index contributed by atoms with van der Waals surface area (Å²) in [5.41, 5.74) is 1.50. The summed E-state index contributed by atoms with van der Waals surface area (Å²) >= 11 is 0. The summed E-state index contributed by atoms with van der Waals surface area (Å²) in [5.74, 6) is 0.449. The van der Waals surface area contributed by atoms with Gasteiger partial charge in [0.1, 0.15) is 5.82 Å². The maximum atomic E-state index is 12.6. The second kappa shape index (κ2) is 10.4. The molecule has 1 unspecified atom stereocenters. The molecule has 2 aromatic heterocycles. The molecule has 3 heterocycles. The van der Waals surface area contributed by atoms with Crippen molar-refractivity contribution in [3.8, 4) is 11.4 Å². The number of piperidine rings is 1. The molecule has 148 valence electrons. The number of nitrogens with one attached hydrogen (secondary N) is 2. The Morgan fingerprint density at radius 3 is 2.81 bits per heavy atom. The number of aryl methyl sites for hydroxylation is 1. The van der Waals surface area contributed by atoms with Crippen molar-refractivity contribution in [3.63, 3.8) is 0 Å². The molecule has 3 rings (SSSR count). The minimum atomic E-state index is -0.262. The normalized spacial score (nSPS) is 16.2. The molecule has 27 heavy (non-hydrogen) atoms. The van der Waals surface area contributed by atoms with Crippen molar-refractivity contribution in [1.82, 2.24) is 25.2 Å². The number of likely N-dealkylation sites (N-methyl/N-ethyl adjacent to an activating group) is 1. The number of aromatic nitrogens is 3. The van der Waals surface area contributed by atoms with E-state index in [1.807, 2.05) is 18.0 Å². The van der Waals surface area contributed by atoms with Crippen LogP contribution >= 0.6 is 24.8 Å². The first-order chi connectivity index (χ1) is 12.1. The fraction of sp³-hybridized carbons (Fsp3) is 0.444. The molecular weight excluding hydrogens is 389 g/mol. The third kappa shape index (κ3) is 5.51. The van der Waals surface area contributed by atoms with Gasteiger partial charge in [0.15, 0.2) is 0 Å². The monoisotopic (exact) mass is 413 g/mol. The topological polar surface area (TPSA) is 91.0 Å². The van der Waals surface area contributed by atoms with Crippen LogP contribution in [0.2, 0.25) is 0 Å². The van der Waals surface area contributed by atoms with Crippen LogP contribution < -0.4 is 10.9 Å². The van der Waals surface area contributed by atoms with E-state index < -0.39 is 0 Å². The molecule has 1 amide bonds. The maximum Gasteiger partial charge on any atom is 0.255 e. The molecule has 0 bridgehead atoms. The zero-order valence-electron chi connectivity index (χ0n) is 15.4. The number of likely N-dealkylation sites (tertiary alicyclic amines) is 1. The lowest BCUT2D eigenvalue weighted by atomic mass is 10.0. The van der Waals surface area contributed by atoms with Crippen LogP contribution in [0.15, 0.2) is 29.3 Å². The fourth-order valence-electron chi connectivity index (χ4n) is 3.16. The van der Waals surface area contributed by atoms with E-state index in [4.69, 9.17) is 0 Å². The molecule has 1 fully saturated rings. The van der Waals surface area contributed by atoms with Gasteiger partial charge in [-0.05, 0) is 38.9 Å². The Balaban J connectivity index is 0.00000182. The van der Waals surface area contributed by atoms with Crippen molar-refractivity contribution in [2.45, 2.75) is 32.2 Å². The summed E-state index contributed by atoms with van der Waals surface area (Å²) in [6, 6.07) is 3.95. The van der Waals surface area contributed by atoms with Gasteiger partial charge in [-0.3, -0.25) is 14.6 Å². The highest BCUT2D eigenvalue weighted by atomic mass is 35.5. The van der Waals surface area contributed by atoms with E-state index in [9.17, 15) is 9.59 Å². The number of pyridine rings is 1. The third-order valence-corrected chi connectivity index (χ3v) is 4.67. The molecule has 9 heteroatoms. The highest BCUT2D eigenvalue weighted by Gasteiger charge is 2.24. The fourth-order valence-corrected chi connectivity index (χ4v) is 3.16. The number of H-pyrrole nitrogens is 1. The molecular formula is C18H25Cl2N5O2. The van der Waals surface area contributed by atoms with Crippen molar-refractivity contribution < 1.29 is 4.79 Å². The molecule has 0 saturated carbocycles. The molecule has 0 aromatic carbocycles. The Hall–Kier alpha value is -1.96. The zero-order chi connectivity index (χ0) is 17.8. The number of nitrogens with zero attached hydrogens (tertiary/aromatic N) is 3. The summed E-state index contributed by atoms with van der Waals surface area (Å²) in [4.78, 5) is 38.2. The number of amides is 1. The summed E-state index contributed by atoms with van der Waals surface area (Å²) in [5, 5.41) is 3.22. The molecule has 7 nitrogen and oxygen atoms in total. The molecule has 2 aromatic rings. The first-order valence-electron chi connectivity index (χ1n) is 8.53. The first kappa shape index (κ1) is 23.1. The number of hydrogen-bond acceptors (Lipinski definition) is 5. The largest absolute Gasteiger partial charge is 0.341 e. The van der Waals surface area contributed by atoms with Crippen LogP contribution in [0, 0.1) is 6.92 Å². The molecule has 0 aliphatic carbocycles. The lowest BCUT2D eigenvalue weighted by Gasteiger charge is -2.32. The lowest BCUT2D eigenvalue weighted by molar-refractivity contribution is -0.131. The van der Waals surface area contributed by atoms with Crippen molar-refractivity contribution in [2.75, 3.05) is 20.1 Å². The van der Waals surface area contributed by atoms with Gasteiger partial charge >= 0.3 is 0 Å². The van der Waals surface area contributed by atoms with E-state index in [1.165, 1.54) is 0 Å². The van der Waals surface area contributed by atoms with E-state index in [-0.39, 0.29) is 42.7 Å². The van der Waals surface area contributed by atoms with E-state index in [2.05, 4.69) is 20.3 Å². The molecule has 1 aliphatic rings. The summed E-state index contributed by atoms with van der Waals surface area (Å²) in [6.45, 7) is 3.20. The van der Waals surface area contributed by atoms with Gasteiger partial charge in [-0.1, -0.05) is 0 Å². The van der Waals surface area contributed by atoms with E-state index >= 15 is 0 Å². The molecule has 1 aliphatic heterocycles. The number of halogens is 2. The average molecular weight is 414 g/mol.